The first-order valence-corrected chi connectivity index (χ1v) is 6.39. The molecule has 112 valence electrons. The molecule has 8 heteroatoms. The number of ether oxygens (including phenoxy) is 1. The summed E-state index contributed by atoms with van der Waals surface area (Å²) in [5.74, 6) is 0.263. The van der Waals surface area contributed by atoms with Crippen LogP contribution in [-0.4, -0.2) is 16.5 Å². The number of halogens is 4. The molecule has 2 aromatic rings. The third-order valence-corrected chi connectivity index (χ3v) is 2.68. The molecule has 0 spiro atoms. The molecule has 1 heterocycles. The fraction of sp³-hybridized carbons (Fsp3) is 0.231. The number of rotatable bonds is 4. The highest BCUT2D eigenvalue weighted by Gasteiger charge is 2.30. The largest absolute Gasteiger partial charge is 0.437 e. The summed E-state index contributed by atoms with van der Waals surface area (Å²) in [6.07, 6.45) is -3.13. The molecule has 0 saturated heterocycles. The highest BCUT2D eigenvalue weighted by atomic mass is 35.5. The third kappa shape index (κ3) is 3.98. The van der Waals surface area contributed by atoms with Crippen LogP contribution in [0.3, 0.4) is 0 Å². The summed E-state index contributed by atoms with van der Waals surface area (Å²) in [5, 5.41) is 2.96. The Kier molecular flexibility index (Phi) is 4.52. The standard InChI is InChI=1S/C13H11ClF3N3O/c1-2-18-12-19-7-10(14)11(20-12)21-9-5-3-4-8(6-9)13(15,16)17/h3-7H,2H2,1H3,(H,18,19,20). The smallest absolute Gasteiger partial charge is 0.416 e. The molecule has 21 heavy (non-hydrogen) atoms. The SMILES string of the molecule is CCNc1ncc(Cl)c(Oc2cccc(C(F)(F)F)c2)n1. The van der Waals surface area contributed by atoms with Crippen LogP contribution in [0, 0.1) is 0 Å². The van der Waals surface area contributed by atoms with E-state index in [0.29, 0.717) is 6.54 Å². The molecule has 0 amide bonds. The molecule has 0 aliphatic heterocycles. The van der Waals surface area contributed by atoms with Gasteiger partial charge in [-0.25, -0.2) is 4.98 Å². The number of benzene rings is 1. The lowest BCUT2D eigenvalue weighted by Gasteiger charge is -2.11. The number of hydrogen-bond donors (Lipinski definition) is 1. The predicted molar refractivity (Wildman–Crippen MR) is 72.7 cm³/mol. The van der Waals surface area contributed by atoms with E-state index in [4.69, 9.17) is 16.3 Å². The van der Waals surface area contributed by atoms with Crippen molar-refractivity contribution < 1.29 is 17.9 Å². The van der Waals surface area contributed by atoms with E-state index >= 15 is 0 Å². The van der Waals surface area contributed by atoms with Gasteiger partial charge in [0.2, 0.25) is 11.8 Å². The zero-order chi connectivity index (χ0) is 15.5. The summed E-state index contributed by atoms with van der Waals surface area (Å²) in [6, 6.07) is 4.48. The summed E-state index contributed by atoms with van der Waals surface area (Å²) >= 11 is 5.88. The second-order valence-electron chi connectivity index (χ2n) is 4.00. The first-order chi connectivity index (χ1) is 9.90. The van der Waals surface area contributed by atoms with Crippen molar-refractivity contribution in [3.05, 3.63) is 41.0 Å². The molecule has 1 aromatic heterocycles. The van der Waals surface area contributed by atoms with Gasteiger partial charge in [-0.2, -0.15) is 18.2 Å². The van der Waals surface area contributed by atoms with E-state index in [-0.39, 0.29) is 22.6 Å². The lowest BCUT2D eigenvalue weighted by molar-refractivity contribution is -0.137. The Balaban J connectivity index is 2.27. The van der Waals surface area contributed by atoms with E-state index in [9.17, 15) is 13.2 Å². The summed E-state index contributed by atoms with van der Waals surface area (Å²) in [4.78, 5) is 7.90. The van der Waals surface area contributed by atoms with Gasteiger partial charge in [-0.15, -0.1) is 0 Å². The molecule has 0 unspecified atom stereocenters. The maximum absolute atomic E-state index is 12.6. The van der Waals surface area contributed by atoms with E-state index in [1.807, 2.05) is 6.92 Å². The highest BCUT2D eigenvalue weighted by Crippen LogP contribution is 2.33. The van der Waals surface area contributed by atoms with Gasteiger partial charge >= 0.3 is 6.18 Å². The van der Waals surface area contributed by atoms with Crippen molar-refractivity contribution in [1.82, 2.24) is 9.97 Å². The Bertz CT molecular complexity index is 634. The van der Waals surface area contributed by atoms with Crippen LogP contribution in [0.2, 0.25) is 5.02 Å². The van der Waals surface area contributed by atoms with Gasteiger partial charge in [0.15, 0.2) is 0 Å². The zero-order valence-corrected chi connectivity index (χ0v) is 11.7. The van der Waals surface area contributed by atoms with Crippen LogP contribution in [0.4, 0.5) is 19.1 Å². The Morgan fingerprint density at radius 2 is 2.10 bits per heavy atom. The molecule has 1 N–H and O–H groups in total. The number of anilines is 1. The zero-order valence-electron chi connectivity index (χ0n) is 10.9. The third-order valence-electron chi connectivity index (χ3n) is 2.42. The molecular weight excluding hydrogens is 307 g/mol. The molecule has 2 rings (SSSR count). The topological polar surface area (TPSA) is 47.0 Å². The average molecular weight is 318 g/mol. The van der Waals surface area contributed by atoms with Gasteiger partial charge in [0.05, 0.1) is 11.8 Å². The molecule has 0 aliphatic rings. The van der Waals surface area contributed by atoms with E-state index in [2.05, 4.69) is 15.3 Å². The Labute approximate surface area is 123 Å². The van der Waals surface area contributed by atoms with Crippen molar-refractivity contribution in [3.8, 4) is 11.6 Å². The Hall–Kier alpha value is -2.02. The van der Waals surface area contributed by atoms with Crippen LogP contribution >= 0.6 is 11.6 Å². The van der Waals surface area contributed by atoms with Gasteiger partial charge in [0.1, 0.15) is 10.8 Å². The van der Waals surface area contributed by atoms with Crippen molar-refractivity contribution in [1.29, 1.82) is 0 Å². The minimum atomic E-state index is -4.44. The number of nitrogens with one attached hydrogen (secondary N) is 1. The van der Waals surface area contributed by atoms with Gasteiger partial charge in [0.25, 0.3) is 0 Å². The summed E-state index contributed by atoms with van der Waals surface area (Å²) in [7, 11) is 0. The van der Waals surface area contributed by atoms with Gasteiger partial charge in [0, 0.05) is 6.54 Å². The Morgan fingerprint density at radius 1 is 1.33 bits per heavy atom. The van der Waals surface area contributed by atoms with E-state index < -0.39 is 11.7 Å². The van der Waals surface area contributed by atoms with Crippen LogP contribution < -0.4 is 10.1 Å². The first kappa shape index (κ1) is 15.4. The number of alkyl halides is 3. The predicted octanol–water partition coefficient (Wildman–Crippen LogP) is 4.37. The second-order valence-corrected chi connectivity index (χ2v) is 4.41. The fourth-order valence-electron chi connectivity index (χ4n) is 1.51. The normalized spacial score (nSPS) is 11.3. The number of aromatic nitrogens is 2. The molecule has 0 saturated carbocycles. The van der Waals surface area contributed by atoms with Gasteiger partial charge < -0.3 is 10.1 Å². The molecular formula is C13H11ClF3N3O. The number of hydrogen-bond acceptors (Lipinski definition) is 4. The highest BCUT2D eigenvalue weighted by molar-refractivity contribution is 6.31. The maximum Gasteiger partial charge on any atom is 0.416 e. The molecule has 0 atom stereocenters. The maximum atomic E-state index is 12.6. The summed E-state index contributed by atoms with van der Waals surface area (Å²) in [5.41, 5.74) is -0.808. The summed E-state index contributed by atoms with van der Waals surface area (Å²) < 4.78 is 43.2. The number of nitrogens with zero attached hydrogens (tertiary/aromatic N) is 2. The minimum Gasteiger partial charge on any atom is -0.437 e. The molecule has 0 bridgehead atoms. The molecule has 0 aliphatic carbocycles. The molecule has 0 fully saturated rings. The lowest BCUT2D eigenvalue weighted by atomic mass is 10.2. The van der Waals surface area contributed by atoms with Crippen LogP contribution in [0.25, 0.3) is 0 Å². The van der Waals surface area contributed by atoms with Crippen LogP contribution in [0.15, 0.2) is 30.5 Å². The lowest BCUT2D eigenvalue weighted by Crippen LogP contribution is -2.05. The van der Waals surface area contributed by atoms with E-state index in [1.165, 1.54) is 18.3 Å². The van der Waals surface area contributed by atoms with Crippen LogP contribution in [0.5, 0.6) is 11.6 Å². The fourth-order valence-corrected chi connectivity index (χ4v) is 1.64. The Morgan fingerprint density at radius 3 is 2.76 bits per heavy atom. The van der Waals surface area contributed by atoms with Crippen LogP contribution in [0.1, 0.15) is 12.5 Å². The summed E-state index contributed by atoms with van der Waals surface area (Å²) in [6.45, 7) is 2.44. The van der Waals surface area contributed by atoms with E-state index in [0.717, 1.165) is 12.1 Å². The van der Waals surface area contributed by atoms with E-state index in [1.54, 1.807) is 0 Å². The quantitative estimate of drug-likeness (QED) is 0.909. The molecule has 4 nitrogen and oxygen atoms in total. The van der Waals surface area contributed by atoms with Gasteiger partial charge in [-0.05, 0) is 25.1 Å². The van der Waals surface area contributed by atoms with Crippen molar-refractivity contribution >= 4 is 17.5 Å². The minimum absolute atomic E-state index is 0.00660. The van der Waals surface area contributed by atoms with Crippen molar-refractivity contribution in [2.45, 2.75) is 13.1 Å². The average Bonchev–Trinajstić information content (AvgIpc) is 2.42. The molecule has 1 aromatic carbocycles. The van der Waals surface area contributed by atoms with Crippen LogP contribution in [-0.2, 0) is 6.18 Å². The van der Waals surface area contributed by atoms with Gasteiger partial charge in [-0.1, -0.05) is 17.7 Å². The second kappa shape index (κ2) is 6.17. The monoisotopic (exact) mass is 317 g/mol. The molecule has 0 radical (unpaired) electrons. The van der Waals surface area contributed by atoms with Crippen molar-refractivity contribution in [2.24, 2.45) is 0 Å². The van der Waals surface area contributed by atoms with Crippen molar-refractivity contribution in [2.75, 3.05) is 11.9 Å². The first-order valence-electron chi connectivity index (χ1n) is 6.01. The van der Waals surface area contributed by atoms with Gasteiger partial charge in [-0.3, -0.25) is 0 Å². The van der Waals surface area contributed by atoms with Crippen molar-refractivity contribution in [3.63, 3.8) is 0 Å².